The van der Waals surface area contributed by atoms with Crippen LogP contribution in [0.3, 0.4) is 0 Å². The molecule has 1 aliphatic rings. The van der Waals surface area contributed by atoms with E-state index in [1.807, 2.05) is 4.90 Å². The van der Waals surface area contributed by atoms with E-state index < -0.39 is 0 Å². The molecule has 0 radical (unpaired) electrons. The summed E-state index contributed by atoms with van der Waals surface area (Å²) in [6, 6.07) is 5.14. The van der Waals surface area contributed by atoms with E-state index in [0.29, 0.717) is 16.3 Å². The van der Waals surface area contributed by atoms with Gasteiger partial charge in [0.15, 0.2) is 0 Å². The molecular weight excluding hydrogens is 276 g/mol. The van der Waals surface area contributed by atoms with Crippen molar-refractivity contribution in [3.05, 3.63) is 28.8 Å². The molecule has 20 heavy (non-hydrogen) atoms. The lowest BCUT2D eigenvalue weighted by Crippen LogP contribution is -2.51. The second kappa shape index (κ2) is 6.02. The van der Waals surface area contributed by atoms with Crippen LogP contribution in [0.2, 0.25) is 5.02 Å². The van der Waals surface area contributed by atoms with Gasteiger partial charge in [0.25, 0.3) is 5.91 Å². The van der Waals surface area contributed by atoms with Gasteiger partial charge in [-0.15, -0.1) is 0 Å². The Hall–Kier alpha value is -1.26. The number of hydrogen-bond donors (Lipinski definition) is 1. The first-order valence-electron chi connectivity index (χ1n) is 6.82. The molecule has 4 nitrogen and oxygen atoms in total. The Morgan fingerprint density at radius 1 is 1.45 bits per heavy atom. The Kier molecular flexibility index (Phi) is 4.55. The van der Waals surface area contributed by atoms with Crippen LogP contribution in [0.1, 0.15) is 30.6 Å². The average molecular weight is 297 g/mol. The Balaban J connectivity index is 2.36. The fourth-order valence-electron chi connectivity index (χ4n) is 2.52. The molecule has 1 aromatic carbocycles. The summed E-state index contributed by atoms with van der Waals surface area (Å²) in [7, 11) is 1.56. The van der Waals surface area contributed by atoms with Gasteiger partial charge in [0.2, 0.25) is 0 Å². The number of rotatable bonds is 2. The Morgan fingerprint density at radius 2 is 2.20 bits per heavy atom. The fourth-order valence-corrected chi connectivity index (χ4v) is 2.70. The predicted octanol–water partition coefficient (Wildman–Crippen LogP) is 2.56. The number of amides is 1. The Morgan fingerprint density at radius 3 is 2.90 bits per heavy atom. The van der Waals surface area contributed by atoms with Crippen LogP contribution in [-0.2, 0) is 0 Å². The normalized spacial score (nSPS) is 18.5. The van der Waals surface area contributed by atoms with Gasteiger partial charge < -0.3 is 15.0 Å². The third-order valence-corrected chi connectivity index (χ3v) is 3.90. The van der Waals surface area contributed by atoms with Crippen molar-refractivity contribution in [2.75, 3.05) is 26.7 Å². The predicted molar refractivity (Wildman–Crippen MR) is 80.6 cm³/mol. The summed E-state index contributed by atoms with van der Waals surface area (Å²) >= 11 is 6.02. The molecule has 1 saturated heterocycles. The maximum absolute atomic E-state index is 12.9. The summed E-state index contributed by atoms with van der Waals surface area (Å²) in [5.74, 6) is 0.533. The molecule has 0 bridgehead atoms. The smallest absolute Gasteiger partial charge is 0.258 e. The van der Waals surface area contributed by atoms with Crippen LogP contribution in [0.25, 0.3) is 0 Å². The molecule has 1 fully saturated rings. The van der Waals surface area contributed by atoms with Gasteiger partial charge in [0.05, 0.1) is 12.7 Å². The zero-order valence-corrected chi connectivity index (χ0v) is 13.0. The van der Waals surface area contributed by atoms with E-state index in [4.69, 9.17) is 16.3 Å². The number of carbonyl (C=O) groups is 1. The van der Waals surface area contributed by atoms with E-state index in [9.17, 15) is 4.79 Å². The van der Waals surface area contributed by atoms with E-state index in [-0.39, 0.29) is 11.4 Å². The molecule has 1 heterocycles. The molecule has 1 N–H and O–H groups in total. The van der Waals surface area contributed by atoms with Crippen molar-refractivity contribution in [2.24, 2.45) is 0 Å². The highest BCUT2D eigenvalue weighted by molar-refractivity contribution is 6.31. The molecule has 5 heteroatoms. The molecule has 1 aromatic rings. The van der Waals surface area contributed by atoms with Crippen LogP contribution in [0.5, 0.6) is 5.75 Å². The zero-order chi connectivity index (χ0) is 14.8. The number of methoxy groups -OCH3 is 1. The lowest BCUT2D eigenvalue weighted by Gasteiger charge is -2.37. The SMILES string of the molecule is COc1ccc(Cl)cc1C(=O)N1CCCNCC1(C)C. The molecule has 1 amide bonds. The fraction of sp³-hybridized carbons (Fsp3) is 0.533. The van der Waals surface area contributed by atoms with Gasteiger partial charge in [-0.3, -0.25) is 4.79 Å². The Labute approximate surface area is 125 Å². The van der Waals surface area contributed by atoms with Crippen molar-refractivity contribution in [3.63, 3.8) is 0 Å². The highest BCUT2D eigenvalue weighted by atomic mass is 35.5. The van der Waals surface area contributed by atoms with E-state index in [1.165, 1.54) is 0 Å². The lowest BCUT2D eigenvalue weighted by molar-refractivity contribution is 0.0575. The highest BCUT2D eigenvalue weighted by Gasteiger charge is 2.33. The first kappa shape index (κ1) is 15.1. The first-order valence-corrected chi connectivity index (χ1v) is 7.20. The van der Waals surface area contributed by atoms with Crippen molar-refractivity contribution in [1.29, 1.82) is 0 Å². The molecule has 0 unspecified atom stereocenters. The minimum absolute atomic E-state index is 0.0296. The Bertz CT molecular complexity index is 503. The summed E-state index contributed by atoms with van der Waals surface area (Å²) in [5, 5.41) is 3.90. The summed E-state index contributed by atoms with van der Waals surface area (Å²) in [4.78, 5) is 14.8. The number of carbonyl (C=O) groups excluding carboxylic acids is 1. The molecule has 1 aliphatic heterocycles. The largest absolute Gasteiger partial charge is 0.496 e. The summed E-state index contributed by atoms with van der Waals surface area (Å²) in [5.41, 5.74) is 0.288. The quantitative estimate of drug-likeness (QED) is 0.912. The molecule has 2 rings (SSSR count). The zero-order valence-electron chi connectivity index (χ0n) is 12.2. The standard InChI is InChI=1S/C15H21ClN2O2/c1-15(2)10-17-7-4-8-18(15)14(19)12-9-11(16)5-6-13(12)20-3/h5-6,9,17H,4,7-8,10H2,1-3H3. The third-order valence-electron chi connectivity index (χ3n) is 3.66. The van der Waals surface area contributed by atoms with Crippen LogP contribution in [0.15, 0.2) is 18.2 Å². The van der Waals surface area contributed by atoms with Crippen molar-refractivity contribution >= 4 is 17.5 Å². The molecular formula is C15H21ClN2O2. The highest BCUT2D eigenvalue weighted by Crippen LogP contribution is 2.27. The van der Waals surface area contributed by atoms with E-state index in [0.717, 1.165) is 26.1 Å². The topological polar surface area (TPSA) is 41.6 Å². The van der Waals surface area contributed by atoms with Gasteiger partial charge >= 0.3 is 0 Å². The monoisotopic (exact) mass is 296 g/mol. The minimum atomic E-state index is -0.235. The lowest BCUT2D eigenvalue weighted by atomic mass is 10.0. The van der Waals surface area contributed by atoms with E-state index in [2.05, 4.69) is 19.2 Å². The summed E-state index contributed by atoms with van der Waals surface area (Å²) < 4.78 is 5.29. The van der Waals surface area contributed by atoms with Gasteiger partial charge in [-0.05, 0) is 45.0 Å². The summed E-state index contributed by atoms with van der Waals surface area (Å²) in [6.07, 6.45) is 0.943. The van der Waals surface area contributed by atoms with Crippen molar-refractivity contribution < 1.29 is 9.53 Å². The number of ether oxygens (including phenoxy) is 1. The molecule has 0 atom stereocenters. The van der Waals surface area contributed by atoms with Gasteiger partial charge in [0, 0.05) is 23.7 Å². The van der Waals surface area contributed by atoms with Crippen LogP contribution in [0, 0.1) is 0 Å². The van der Waals surface area contributed by atoms with Crippen molar-refractivity contribution in [1.82, 2.24) is 10.2 Å². The maximum Gasteiger partial charge on any atom is 0.258 e. The van der Waals surface area contributed by atoms with Gasteiger partial charge in [-0.25, -0.2) is 0 Å². The summed E-state index contributed by atoms with van der Waals surface area (Å²) in [6.45, 7) is 6.58. The van der Waals surface area contributed by atoms with Gasteiger partial charge in [-0.1, -0.05) is 11.6 Å². The second-order valence-electron chi connectivity index (χ2n) is 5.64. The van der Waals surface area contributed by atoms with Crippen molar-refractivity contribution in [3.8, 4) is 5.75 Å². The van der Waals surface area contributed by atoms with Crippen LogP contribution >= 0.6 is 11.6 Å². The van der Waals surface area contributed by atoms with Crippen LogP contribution in [0.4, 0.5) is 0 Å². The number of nitrogens with one attached hydrogen (secondary N) is 1. The van der Waals surface area contributed by atoms with E-state index in [1.54, 1.807) is 25.3 Å². The number of halogens is 1. The van der Waals surface area contributed by atoms with Crippen LogP contribution < -0.4 is 10.1 Å². The third kappa shape index (κ3) is 3.07. The van der Waals surface area contributed by atoms with Gasteiger partial charge in [-0.2, -0.15) is 0 Å². The number of benzene rings is 1. The molecule has 0 aliphatic carbocycles. The average Bonchev–Trinajstić information content (AvgIpc) is 2.58. The maximum atomic E-state index is 12.9. The minimum Gasteiger partial charge on any atom is -0.496 e. The van der Waals surface area contributed by atoms with Crippen molar-refractivity contribution in [2.45, 2.75) is 25.8 Å². The molecule has 0 saturated carbocycles. The number of hydrogen-bond acceptors (Lipinski definition) is 3. The second-order valence-corrected chi connectivity index (χ2v) is 6.08. The molecule has 0 spiro atoms. The number of nitrogens with zero attached hydrogens (tertiary/aromatic N) is 1. The molecule has 110 valence electrons. The van der Waals surface area contributed by atoms with Gasteiger partial charge in [0.1, 0.15) is 5.75 Å². The van der Waals surface area contributed by atoms with Crippen LogP contribution in [-0.4, -0.2) is 43.1 Å². The molecule has 0 aromatic heterocycles. The van der Waals surface area contributed by atoms with E-state index >= 15 is 0 Å². The first-order chi connectivity index (χ1) is 9.45.